The van der Waals surface area contributed by atoms with E-state index in [2.05, 4.69) is 0 Å². The number of likely N-dealkylation sites (tertiary alicyclic amines) is 1. The van der Waals surface area contributed by atoms with Crippen molar-refractivity contribution in [3.05, 3.63) is 0 Å². The Kier molecular flexibility index (Phi) is 1.77. The number of Topliss-reactive ketones (excluding diaryl/α,β-unsaturated/α-hetero) is 1. The predicted octanol–water partition coefficient (Wildman–Crippen LogP) is 0.619. The summed E-state index contributed by atoms with van der Waals surface area (Å²) in [7, 11) is 1.82. The zero-order valence-corrected chi connectivity index (χ0v) is 6.35. The van der Waals surface area contributed by atoms with Gasteiger partial charge in [0.15, 0.2) is 11.5 Å². The molecule has 58 valence electrons. The lowest BCUT2D eigenvalue weighted by molar-refractivity contribution is -0.127. The van der Waals surface area contributed by atoms with Crippen LogP contribution in [0.4, 0.5) is 4.39 Å². The maximum Gasteiger partial charge on any atom is 0.182 e. The SMILES string of the molecule is CC(=O)C1(F)CCN(C)C1. The summed E-state index contributed by atoms with van der Waals surface area (Å²) >= 11 is 0. The van der Waals surface area contributed by atoms with Crippen LogP contribution in [-0.4, -0.2) is 36.5 Å². The Morgan fingerprint density at radius 3 is 2.50 bits per heavy atom. The fourth-order valence-electron chi connectivity index (χ4n) is 1.24. The molecule has 0 spiro atoms. The summed E-state index contributed by atoms with van der Waals surface area (Å²) in [4.78, 5) is 12.5. The van der Waals surface area contributed by atoms with E-state index >= 15 is 0 Å². The number of nitrogens with zero attached hydrogens (tertiary/aromatic N) is 1. The lowest BCUT2D eigenvalue weighted by Crippen LogP contribution is -2.34. The first-order valence-corrected chi connectivity index (χ1v) is 3.43. The molecule has 1 heterocycles. The molecule has 1 unspecified atom stereocenters. The molecule has 0 aromatic carbocycles. The van der Waals surface area contributed by atoms with Crippen LogP contribution in [0.15, 0.2) is 0 Å². The van der Waals surface area contributed by atoms with Gasteiger partial charge in [-0.3, -0.25) is 4.79 Å². The zero-order chi connectivity index (χ0) is 7.78. The molecule has 1 fully saturated rings. The Morgan fingerprint density at radius 2 is 2.30 bits per heavy atom. The summed E-state index contributed by atoms with van der Waals surface area (Å²) in [6.45, 7) is 2.28. The largest absolute Gasteiger partial charge is 0.303 e. The highest BCUT2D eigenvalue weighted by atomic mass is 19.1. The van der Waals surface area contributed by atoms with Crippen LogP contribution in [-0.2, 0) is 4.79 Å². The van der Waals surface area contributed by atoms with Crippen LogP contribution in [0.25, 0.3) is 0 Å². The van der Waals surface area contributed by atoms with Gasteiger partial charge >= 0.3 is 0 Å². The van der Waals surface area contributed by atoms with Gasteiger partial charge in [-0.15, -0.1) is 0 Å². The number of hydrogen-bond acceptors (Lipinski definition) is 2. The second-order valence-corrected chi connectivity index (χ2v) is 3.01. The molecule has 0 N–H and O–H groups in total. The standard InChI is InChI=1S/C7H12FNO/c1-6(10)7(8)3-4-9(2)5-7/h3-5H2,1-2H3. The molecule has 0 bridgehead atoms. The second kappa shape index (κ2) is 2.31. The number of rotatable bonds is 1. The lowest BCUT2D eigenvalue weighted by atomic mass is 10.0. The average Bonchev–Trinajstić information content (AvgIpc) is 2.13. The van der Waals surface area contributed by atoms with E-state index in [0.29, 0.717) is 13.0 Å². The molecule has 0 aromatic rings. The number of alkyl halides is 1. The van der Waals surface area contributed by atoms with Crippen LogP contribution in [0.3, 0.4) is 0 Å². The Labute approximate surface area is 60.0 Å². The van der Waals surface area contributed by atoms with Gasteiger partial charge in [-0.25, -0.2) is 4.39 Å². The van der Waals surface area contributed by atoms with Crippen LogP contribution in [0.2, 0.25) is 0 Å². The van der Waals surface area contributed by atoms with Gasteiger partial charge in [0.05, 0.1) is 0 Å². The van der Waals surface area contributed by atoms with Crippen LogP contribution < -0.4 is 0 Å². The lowest BCUT2D eigenvalue weighted by Gasteiger charge is -2.14. The molecule has 1 aliphatic rings. The summed E-state index contributed by atoms with van der Waals surface area (Å²) in [5.74, 6) is -0.336. The minimum absolute atomic E-state index is 0.266. The van der Waals surface area contributed by atoms with Gasteiger partial charge in [-0.05, 0) is 14.0 Å². The third kappa shape index (κ3) is 1.19. The highest BCUT2D eigenvalue weighted by Gasteiger charge is 2.40. The summed E-state index contributed by atoms with van der Waals surface area (Å²) in [6.07, 6.45) is 0.360. The van der Waals surface area contributed by atoms with E-state index in [1.54, 1.807) is 0 Å². The molecule has 3 heteroatoms. The second-order valence-electron chi connectivity index (χ2n) is 3.01. The van der Waals surface area contributed by atoms with E-state index in [4.69, 9.17) is 0 Å². The normalized spacial score (nSPS) is 34.7. The van der Waals surface area contributed by atoms with Gasteiger partial charge in [0.1, 0.15) is 0 Å². The molecular weight excluding hydrogens is 133 g/mol. The Hall–Kier alpha value is -0.440. The van der Waals surface area contributed by atoms with Gasteiger partial charge < -0.3 is 4.90 Å². The van der Waals surface area contributed by atoms with Crippen LogP contribution >= 0.6 is 0 Å². The molecule has 0 amide bonds. The first kappa shape index (κ1) is 7.66. The fraction of sp³-hybridized carbons (Fsp3) is 0.857. The summed E-state index contributed by atoms with van der Waals surface area (Å²) in [5, 5.41) is 0. The van der Waals surface area contributed by atoms with Crippen LogP contribution in [0, 0.1) is 0 Å². The Balaban J connectivity index is 2.63. The Bertz CT molecular complexity index is 160. The third-order valence-corrected chi connectivity index (χ3v) is 2.04. The highest BCUT2D eigenvalue weighted by Crippen LogP contribution is 2.24. The van der Waals surface area contributed by atoms with Crippen molar-refractivity contribution >= 4 is 5.78 Å². The van der Waals surface area contributed by atoms with E-state index in [-0.39, 0.29) is 12.3 Å². The number of carbonyl (C=O) groups excluding carboxylic acids is 1. The van der Waals surface area contributed by atoms with Gasteiger partial charge in [0.25, 0.3) is 0 Å². The van der Waals surface area contributed by atoms with Crippen molar-refractivity contribution in [3.63, 3.8) is 0 Å². The Morgan fingerprint density at radius 1 is 1.70 bits per heavy atom. The van der Waals surface area contributed by atoms with Crippen molar-refractivity contribution in [3.8, 4) is 0 Å². The molecule has 0 aliphatic carbocycles. The fourth-order valence-corrected chi connectivity index (χ4v) is 1.24. The summed E-state index contributed by atoms with van der Waals surface area (Å²) < 4.78 is 13.3. The highest BCUT2D eigenvalue weighted by molar-refractivity contribution is 5.85. The van der Waals surface area contributed by atoms with Gasteiger partial charge in [-0.2, -0.15) is 0 Å². The van der Waals surface area contributed by atoms with E-state index in [1.807, 2.05) is 11.9 Å². The van der Waals surface area contributed by atoms with Crippen molar-refractivity contribution in [1.82, 2.24) is 4.90 Å². The van der Waals surface area contributed by atoms with Crippen LogP contribution in [0.1, 0.15) is 13.3 Å². The molecule has 1 rings (SSSR count). The number of ketones is 1. The molecule has 0 aromatic heterocycles. The monoisotopic (exact) mass is 145 g/mol. The van der Waals surface area contributed by atoms with Gasteiger partial charge in [0, 0.05) is 19.5 Å². The third-order valence-electron chi connectivity index (χ3n) is 2.04. The number of carbonyl (C=O) groups is 1. The first-order chi connectivity index (χ1) is 4.54. The predicted molar refractivity (Wildman–Crippen MR) is 36.6 cm³/mol. The van der Waals surface area contributed by atoms with Crippen molar-refractivity contribution in [2.24, 2.45) is 0 Å². The topological polar surface area (TPSA) is 20.3 Å². The van der Waals surface area contributed by atoms with E-state index < -0.39 is 5.67 Å². The molecule has 10 heavy (non-hydrogen) atoms. The smallest absolute Gasteiger partial charge is 0.182 e. The molecule has 1 aliphatic heterocycles. The maximum atomic E-state index is 13.3. The van der Waals surface area contributed by atoms with Gasteiger partial charge in [0.2, 0.25) is 0 Å². The maximum absolute atomic E-state index is 13.3. The minimum atomic E-state index is -1.55. The summed E-state index contributed by atoms with van der Waals surface area (Å²) in [6, 6.07) is 0. The van der Waals surface area contributed by atoms with E-state index in [1.165, 1.54) is 6.92 Å². The van der Waals surface area contributed by atoms with E-state index in [0.717, 1.165) is 0 Å². The molecular formula is C7H12FNO. The van der Waals surface area contributed by atoms with Crippen LogP contribution in [0.5, 0.6) is 0 Å². The van der Waals surface area contributed by atoms with Crippen molar-refractivity contribution in [1.29, 1.82) is 0 Å². The van der Waals surface area contributed by atoms with E-state index in [9.17, 15) is 9.18 Å². The quantitative estimate of drug-likeness (QED) is 0.539. The molecule has 0 radical (unpaired) electrons. The summed E-state index contributed by atoms with van der Waals surface area (Å²) in [5.41, 5.74) is -1.55. The molecule has 1 saturated heterocycles. The average molecular weight is 145 g/mol. The van der Waals surface area contributed by atoms with Gasteiger partial charge in [-0.1, -0.05) is 0 Å². The van der Waals surface area contributed by atoms with Crippen molar-refractivity contribution in [2.75, 3.05) is 20.1 Å². The number of halogens is 1. The molecule has 2 nitrogen and oxygen atoms in total. The molecule has 0 saturated carbocycles. The van der Waals surface area contributed by atoms with Crippen molar-refractivity contribution in [2.45, 2.75) is 19.0 Å². The number of hydrogen-bond donors (Lipinski definition) is 0. The minimum Gasteiger partial charge on any atom is -0.303 e. The first-order valence-electron chi connectivity index (χ1n) is 3.43. The zero-order valence-electron chi connectivity index (χ0n) is 6.35. The molecule has 1 atom stereocenters. The van der Waals surface area contributed by atoms with Crippen molar-refractivity contribution < 1.29 is 9.18 Å².